The number of aliphatic hydroxyl groups excluding tert-OH is 1. The number of benzene rings is 1. The molecule has 2 aromatic heterocycles. The summed E-state index contributed by atoms with van der Waals surface area (Å²) in [6.07, 6.45) is 9.64. The first-order valence-corrected chi connectivity index (χ1v) is 13.5. The standard InChI is InChI=1S/C30H38N6O2/c1-19-13-34-28-24(19)11-22(15-35-28)21-9-20-6-8-36(16-26(20)25(10-21)27-5-4-7-33-27)29(38)23(12-31)14-32-17-30(2,3)18-37/h9-15,27,31-33,37H,4-8,16-18H2,1-3H3,(H,34,35)/b23-14+,31-12?/t27-/m0/s1. The van der Waals surface area contributed by atoms with E-state index in [1.54, 1.807) is 6.20 Å². The van der Waals surface area contributed by atoms with Gasteiger partial charge >= 0.3 is 0 Å². The number of aromatic nitrogens is 2. The summed E-state index contributed by atoms with van der Waals surface area (Å²) in [5.74, 6) is -0.146. The van der Waals surface area contributed by atoms with Crippen LogP contribution in [0.5, 0.6) is 0 Å². The first-order valence-electron chi connectivity index (χ1n) is 13.5. The SMILES string of the molecule is Cc1c[nH]c2ncc(-c3cc4c(c([C@@H]5CCCN5)c3)CN(C(=O)/C(C=N)=C/NCC(C)(C)CO)CC4)cc12. The summed E-state index contributed by atoms with van der Waals surface area (Å²) in [5.41, 5.74) is 8.14. The number of carbonyl (C=O) groups is 1. The zero-order valence-corrected chi connectivity index (χ0v) is 22.5. The van der Waals surface area contributed by atoms with Crippen molar-refractivity contribution in [2.24, 2.45) is 5.41 Å². The molecule has 2 aliphatic rings. The first-order chi connectivity index (χ1) is 18.3. The quantitative estimate of drug-likeness (QED) is 0.230. The number of aromatic amines is 1. The second-order valence-electron chi connectivity index (χ2n) is 11.4. The molecule has 0 radical (unpaired) electrons. The summed E-state index contributed by atoms with van der Waals surface area (Å²) in [7, 11) is 0. The third-order valence-corrected chi connectivity index (χ3v) is 7.84. The molecule has 200 valence electrons. The van der Waals surface area contributed by atoms with Crippen molar-refractivity contribution in [3.8, 4) is 11.1 Å². The van der Waals surface area contributed by atoms with E-state index in [2.05, 4.69) is 45.7 Å². The van der Waals surface area contributed by atoms with Gasteiger partial charge in [-0.3, -0.25) is 4.79 Å². The number of hydrogen-bond acceptors (Lipinski definition) is 6. The van der Waals surface area contributed by atoms with Gasteiger partial charge in [0.25, 0.3) is 5.91 Å². The van der Waals surface area contributed by atoms with Crippen LogP contribution in [0.3, 0.4) is 0 Å². The molecule has 0 aliphatic carbocycles. The van der Waals surface area contributed by atoms with E-state index < -0.39 is 0 Å². The van der Waals surface area contributed by atoms with Crippen molar-refractivity contribution in [2.75, 3.05) is 26.2 Å². The Balaban J connectivity index is 1.44. The molecule has 0 bridgehead atoms. The molecule has 5 N–H and O–H groups in total. The van der Waals surface area contributed by atoms with Gasteiger partial charge in [-0.25, -0.2) is 4.98 Å². The zero-order valence-electron chi connectivity index (χ0n) is 22.5. The Hall–Kier alpha value is -3.49. The Labute approximate surface area is 224 Å². The monoisotopic (exact) mass is 514 g/mol. The van der Waals surface area contributed by atoms with E-state index in [-0.39, 0.29) is 24.0 Å². The Morgan fingerprint density at radius 1 is 1.32 bits per heavy atom. The van der Waals surface area contributed by atoms with Gasteiger partial charge in [-0.1, -0.05) is 19.9 Å². The van der Waals surface area contributed by atoms with Gasteiger partial charge in [-0.2, -0.15) is 0 Å². The predicted octanol–water partition coefficient (Wildman–Crippen LogP) is 3.99. The van der Waals surface area contributed by atoms with E-state index in [4.69, 9.17) is 5.41 Å². The van der Waals surface area contributed by atoms with Gasteiger partial charge in [0.1, 0.15) is 5.65 Å². The number of hydrogen-bond donors (Lipinski definition) is 5. The Kier molecular flexibility index (Phi) is 7.36. The number of carbonyl (C=O) groups excluding carboxylic acids is 1. The van der Waals surface area contributed by atoms with E-state index in [0.29, 0.717) is 25.2 Å². The normalized spacial score (nSPS) is 18.1. The average Bonchev–Trinajstić information content (AvgIpc) is 3.60. The number of H-pyrrole nitrogens is 1. The molecular formula is C30H38N6O2. The zero-order chi connectivity index (χ0) is 26.9. The first kappa shape index (κ1) is 26.1. The number of aryl methyl sites for hydroxylation is 1. The van der Waals surface area contributed by atoms with Crippen molar-refractivity contribution in [2.45, 2.75) is 52.6 Å². The summed E-state index contributed by atoms with van der Waals surface area (Å²) in [6.45, 7) is 8.68. The molecule has 4 heterocycles. The third-order valence-electron chi connectivity index (χ3n) is 7.84. The van der Waals surface area contributed by atoms with Crippen LogP contribution in [0.1, 0.15) is 55.0 Å². The van der Waals surface area contributed by atoms with Crippen molar-refractivity contribution >= 4 is 23.2 Å². The van der Waals surface area contributed by atoms with Crippen molar-refractivity contribution in [1.29, 1.82) is 5.41 Å². The molecule has 8 heteroatoms. The summed E-state index contributed by atoms with van der Waals surface area (Å²) in [5, 5.41) is 25.3. The number of amides is 1. The van der Waals surface area contributed by atoms with Crippen LogP contribution < -0.4 is 10.6 Å². The molecule has 5 rings (SSSR count). The highest BCUT2D eigenvalue weighted by Gasteiger charge is 2.29. The molecule has 1 amide bonds. The molecule has 2 aliphatic heterocycles. The summed E-state index contributed by atoms with van der Waals surface area (Å²) in [4.78, 5) is 23.1. The minimum absolute atomic E-state index is 0.0410. The number of rotatable bonds is 8. The summed E-state index contributed by atoms with van der Waals surface area (Å²) < 4.78 is 0. The number of aliphatic hydroxyl groups is 1. The van der Waals surface area contributed by atoms with E-state index in [1.807, 2.05) is 31.1 Å². The van der Waals surface area contributed by atoms with Gasteiger partial charge in [-0.15, -0.1) is 0 Å². The van der Waals surface area contributed by atoms with Crippen LogP contribution in [0.25, 0.3) is 22.2 Å². The Bertz CT molecular complexity index is 1380. The fraction of sp³-hybridized carbons (Fsp3) is 0.433. The number of nitrogens with zero attached hydrogens (tertiary/aromatic N) is 2. The fourth-order valence-electron chi connectivity index (χ4n) is 5.43. The smallest absolute Gasteiger partial charge is 0.257 e. The maximum absolute atomic E-state index is 13.4. The summed E-state index contributed by atoms with van der Waals surface area (Å²) >= 11 is 0. The van der Waals surface area contributed by atoms with Gasteiger partial charge in [0, 0.05) is 73.5 Å². The van der Waals surface area contributed by atoms with Crippen LogP contribution in [0.4, 0.5) is 0 Å². The molecule has 1 saturated heterocycles. The number of pyridine rings is 1. The van der Waals surface area contributed by atoms with E-state index in [1.165, 1.54) is 22.3 Å². The van der Waals surface area contributed by atoms with Crippen LogP contribution in [-0.4, -0.2) is 58.3 Å². The lowest BCUT2D eigenvalue weighted by Crippen LogP contribution is -2.38. The number of fused-ring (bicyclic) bond motifs is 2. The van der Waals surface area contributed by atoms with E-state index in [9.17, 15) is 9.90 Å². The van der Waals surface area contributed by atoms with Crippen molar-refractivity contribution in [3.63, 3.8) is 0 Å². The van der Waals surface area contributed by atoms with E-state index in [0.717, 1.165) is 54.2 Å². The third kappa shape index (κ3) is 5.24. The largest absolute Gasteiger partial charge is 0.396 e. The molecule has 3 aromatic rings. The topological polar surface area (TPSA) is 117 Å². The predicted molar refractivity (Wildman–Crippen MR) is 151 cm³/mol. The molecular weight excluding hydrogens is 476 g/mol. The molecule has 1 atom stereocenters. The van der Waals surface area contributed by atoms with Gasteiger partial charge in [-0.05, 0) is 72.7 Å². The maximum atomic E-state index is 13.4. The lowest BCUT2D eigenvalue weighted by molar-refractivity contribution is -0.127. The molecule has 38 heavy (non-hydrogen) atoms. The second-order valence-corrected chi connectivity index (χ2v) is 11.4. The molecule has 8 nitrogen and oxygen atoms in total. The Morgan fingerprint density at radius 2 is 2.16 bits per heavy atom. The average molecular weight is 515 g/mol. The minimum Gasteiger partial charge on any atom is -0.396 e. The van der Waals surface area contributed by atoms with Crippen LogP contribution in [0.2, 0.25) is 0 Å². The summed E-state index contributed by atoms with van der Waals surface area (Å²) in [6, 6.07) is 7.04. The lowest BCUT2D eigenvalue weighted by atomic mass is 9.87. The van der Waals surface area contributed by atoms with Gasteiger partial charge in [0.15, 0.2) is 0 Å². The highest BCUT2D eigenvalue weighted by atomic mass is 16.3. The van der Waals surface area contributed by atoms with Gasteiger partial charge in [0.2, 0.25) is 0 Å². The van der Waals surface area contributed by atoms with Crippen molar-refractivity contribution in [1.82, 2.24) is 25.5 Å². The molecule has 1 fully saturated rings. The van der Waals surface area contributed by atoms with E-state index >= 15 is 0 Å². The second kappa shape index (κ2) is 10.7. The van der Waals surface area contributed by atoms with Crippen LogP contribution >= 0.6 is 0 Å². The number of nitrogens with one attached hydrogen (secondary N) is 4. The van der Waals surface area contributed by atoms with Crippen molar-refractivity contribution in [3.05, 3.63) is 64.6 Å². The lowest BCUT2D eigenvalue weighted by Gasteiger charge is -2.32. The highest BCUT2D eigenvalue weighted by Crippen LogP contribution is 2.36. The van der Waals surface area contributed by atoms with Crippen LogP contribution in [0.15, 0.2) is 42.4 Å². The molecule has 1 aromatic carbocycles. The van der Waals surface area contributed by atoms with Crippen LogP contribution in [0, 0.1) is 17.7 Å². The minimum atomic E-state index is -0.308. The highest BCUT2D eigenvalue weighted by molar-refractivity contribution is 6.11. The van der Waals surface area contributed by atoms with Crippen molar-refractivity contribution < 1.29 is 9.90 Å². The fourth-order valence-corrected chi connectivity index (χ4v) is 5.43. The maximum Gasteiger partial charge on any atom is 0.257 e. The van der Waals surface area contributed by atoms with Crippen LogP contribution in [-0.2, 0) is 17.8 Å². The molecule has 0 spiro atoms. The molecule has 0 saturated carbocycles. The van der Waals surface area contributed by atoms with Gasteiger partial charge < -0.3 is 31.0 Å². The van der Waals surface area contributed by atoms with Gasteiger partial charge in [0.05, 0.1) is 5.57 Å². The Morgan fingerprint density at radius 3 is 2.89 bits per heavy atom. The molecule has 0 unspecified atom stereocenters.